The number of nitro groups is 1. The zero-order chi connectivity index (χ0) is 22.7. The normalized spacial score (nSPS) is 19.2. The van der Waals surface area contributed by atoms with Crippen molar-refractivity contribution in [2.75, 3.05) is 12.1 Å². The summed E-state index contributed by atoms with van der Waals surface area (Å²) in [6.45, 7) is 0.385. The lowest BCUT2D eigenvalue weighted by Crippen LogP contribution is -2.33. The van der Waals surface area contributed by atoms with Crippen molar-refractivity contribution >= 4 is 23.2 Å². The summed E-state index contributed by atoms with van der Waals surface area (Å²) < 4.78 is 10.6. The number of anilines is 1. The Bertz CT molecular complexity index is 1050. The highest BCUT2D eigenvalue weighted by atomic mass is 16.7. The van der Waals surface area contributed by atoms with Gasteiger partial charge in [0.15, 0.2) is 11.5 Å². The molecule has 2 aromatic carbocycles. The molecule has 10 nitrogen and oxygen atoms in total. The monoisotopic (exact) mass is 440 g/mol. The van der Waals surface area contributed by atoms with Crippen LogP contribution in [0, 0.1) is 16.0 Å². The summed E-state index contributed by atoms with van der Waals surface area (Å²) in [5, 5.41) is 17.4. The van der Waals surface area contributed by atoms with E-state index < -0.39 is 10.8 Å². The van der Waals surface area contributed by atoms with Gasteiger partial charge in [-0.05, 0) is 49.4 Å². The van der Waals surface area contributed by atoms with E-state index in [9.17, 15) is 19.7 Å². The number of fused-ring (bicyclic) bond motifs is 1. The first-order valence-corrected chi connectivity index (χ1v) is 10.4. The first kappa shape index (κ1) is 21.4. The van der Waals surface area contributed by atoms with E-state index in [-0.39, 0.29) is 42.5 Å². The van der Waals surface area contributed by atoms with E-state index in [2.05, 4.69) is 10.6 Å². The van der Waals surface area contributed by atoms with Gasteiger partial charge >= 0.3 is 0 Å². The maximum Gasteiger partial charge on any atom is 0.270 e. The minimum Gasteiger partial charge on any atom is -0.454 e. The summed E-state index contributed by atoms with van der Waals surface area (Å²) in [4.78, 5) is 35.0. The molecular formula is C22H24N4O6. The van der Waals surface area contributed by atoms with Crippen LogP contribution < -0.4 is 25.8 Å². The Morgan fingerprint density at radius 2 is 1.81 bits per heavy atom. The second kappa shape index (κ2) is 9.13. The molecule has 4 N–H and O–H groups in total. The molecule has 1 aliphatic heterocycles. The van der Waals surface area contributed by atoms with Crippen molar-refractivity contribution in [1.29, 1.82) is 0 Å². The van der Waals surface area contributed by atoms with Gasteiger partial charge in [-0.1, -0.05) is 6.07 Å². The molecule has 0 bridgehead atoms. The minimum atomic E-state index is -0.531. The number of carbonyl (C=O) groups excluding carboxylic acids is 2. The zero-order valence-electron chi connectivity index (χ0n) is 17.3. The van der Waals surface area contributed by atoms with E-state index in [0.717, 1.165) is 18.4 Å². The summed E-state index contributed by atoms with van der Waals surface area (Å²) in [6, 6.07) is 9.61. The predicted molar refractivity (Wildman–Crippen MR) is 115 cm³/mol. The number of benzene rings is 2. The van der Waals surface area contributed by atoms with Gasteiger partial charge in [0.1, 0.15) is 0 Å². The van der Waals surface area contributed by atoms with Gasteiger partial charge in [-0.2, -0.15) is 0 Å². The molecule has 0 spiro atoms. The van der Waals surface area contributed by atoms with Crippen LogP contribution in [0.4, 0.5) is 11.4 Å². The van der Waals surface area contributed by atoms with E-state index in [0.29, 0.717) is 30.0 Å². The van der Waals surface area contributed by atoms with Crippen LogP contribution >= 0.6 is 0 Å². The minimum absolute atomic E-state index is 0.0486. The molecule has 1 aliphatic carbocycles. The maximum absolute atomic E-state index is 12.9. The molecule has 168 valence electrons. The van der Waals surface area contributed by atoms with Crippen molar-refractivity contribution in [2.45, 2.75) is 38.3 Å². The summed E-state index contributed by atoms with van der Waals surface area (Å²) in [6.07, 6.45) is 2.79. The van der Waals surface area contributed by atoms with Crippen molar-refractivity contribution in [2.24, 2.45) is 11.7 Å². The number of nitrogens with two attached hydrogens (primary N) is 1. The molecule has 0 unspecified atom stereocenters. The Morgan fingerprint density at radius 1 is 1.06 bits per heavy atom. The highest BCUT2D eigenvalue weighted by molar-refractivity contribution is 6.00. The standard InChI is InChI=1S/C22H24N4O6/c23-21(27)14-2-4-15(5-3-14)25-18-7-6-16(26(29)30)10-17(18)22(28)24-11-13-1-8-19-20(9-13)32-12-31-19/h1,6-10,14-15,25H,2-5,11-12H2,(H2,23,27)(H,24,28). The van der Waals surface area contributed by atoms with Crippen molar-refractivity contribution in [1.82, 2.24) is 5.32 Å². The smallest absolute Gasteiger partial charge is 0.270 e. The second-order valence-corrected chi connectivity index (χ2v) is 7.95. The molecule has 10 heteroatoms. The molecule has 1 saturated carbocycles. The van der Waals surface area contributed by atoms with Crippen LogP contribution in [0.15, 0.2) is 36.4 Å². The summed E-state index contributed by atoms with van der Waals surface area (Å²) in [5.74, 6) is 0.411. The Morgan fingerprint density at radius 3 is 2.53 bits per heavy atom. The zero-order valence-corrected chi connectivity index (χ0v) is 17.3. The van der Waals surface area contributed by atoms with E-state index in [1.807, 2.05) is 6.07 Å². The first-order valence-electron chi connectivity index (χ1n) is 10.4. The predicted octanol–water partition coefficient (Wildman–Crippen LogP) is 2.71. The number of nitrogens with zero attached hydrogens (tertiary/aromatic N) is 1. The molecule has 1 heterocycles. The molecule has 4 rings (SSSR count). The molecule has 2 aliphatic rings. The molecule has 0 aromatic heterocycles. The molecule has 1 fully saturated rings. The van der Waals surface area contributed by atoms with Crippen molar-refractivity contribution in [3.05, 3.63) is 57.6 Å². The van der Waals surface area contributed by atoms with E-state index in [4.69, 9.17) is 15.2 Å². The molecule has 0 radical (unpaired) electrons. The number of ether oxygens (including phenoxy) is 2. The van der Waals surface area contributed by atoms with Gasteiger partial charge in [-0.15, -0.1) is 0 Å². The fourth-order valence-corrected chi connectivity index (χ4v) is 4.03. The van der Waals surface area contributed by atoms with Crippen LogP contribution in [0.25, 0.3) is 0 Å². The average molecular weight is 440 g/mol. The van der Waals surface area contributed by atoms with Gasteiger partial charge in [0.05, 0.1) is 10.5 Å². The lowest BCUT2D eigenvalue weighted by Gasteiger charge is -2.28. The van der Waals surface area contributed by atoms with Crippen LogP contribution in [0.3, 0.4) is 0 Å². The Balaban J connectivity index is 1.47. The molecule has 2 aromatic rings. The number of rotatable bonds is 7. The average Bonchev–Trinajstić information content (AvgIpc) is 3.26. The number of non-ortho nitro benzene ring substituents is 1. The second-order valence-electron chi connectivity index (χ2n) is 7.95. The number of amides is 2. The maximum atomic E-state index is 12.9. The van der Waals surface area contributed by atoms with Gasteiger partial charge in [-0.3, -0.25) is 19.7 Å². The van der Waals surface area contributed by atoms with Crippen molar-refractivity contribution < 1.29 is 24.0 Å². The van der Waals surface area contributed by atoms with Gasteiger partial charge in [0, 0.05) is 36.3 Å². The fraction of sp³-hybridized carbons (Fsp3) is 0.364. The van der Waals surface area contributed by atoms with Gasteiger partial charge in [0.2, 0.25) is 12.7 Å². The topological polar surface area (TPSA) is 146 Å². The largest absolute Gasteiger partial charge is 0.454 e. The first-order chi connectivity index (χ1) is 15.4. The third-order valence-electron chi connectivity index (χ3n) is 5.84. The number of nitro benzene ring substituents is 1. The van der Waals surface area contributed by atoms with Crippen LogP contribution in [0.2, 0.25) is 0 Å². The Kier molecular flexibility index (Phi) is 6.11. The van der Waals surface area contributed by atoms with Gasteiger partial charge < -0.3 is 25.8 Å². The van der Waals surface area contributed by atoms with Crippen LogP contribution in [0.1, 0.15) is 41.6 Å². The number of carbonyl (C=O) groups is 2. The van der Waals surface area contributed by atoms with E-state index >= 15 is 0 Å². The number of hydrogen-bond acceptors (Lipinski definition) is 7. The van der Waals surface area contributed by atoms with E-state index in [1.165, 1.54) is 12.1 Å². The highest BCUT2D eigenvalue weighted by Crippen LogP contribution is 2.33. The van der Waals surface area contributed by atoms with Gasteiger partial charge in [-0.25, -0.2) is 0 Å². The lowest BCUT2D eigenvalue weighted by molar-refractivity contribution is -0.384. The molecule has 0 saturated heterocycles. The summed E-state index contributed by atoms with van der Waals surface area (Å²) in [7, 11) is 0. The number of primary amides is 1. The SMILES string of the molecule is NC(=O)C1CCC(Nc2ccc([N+](=O)[O-])cc2C(=O)NCc2ccc3c(c2)OCO3)CC1. The van der Waals surface area contributed by atoms with Crippen LogP contribution in [-0.4, -0.2) is 29.6 Å². The number of hydrogen-bond donors (Lipinski definition) is 3. The lowest BCUT2D eigenvalue weighted by atomic mass is 9.85. The van der Waals surface area contributed by atoms with Crippen LogP contribution in [0.5, 0.6) is 11.5 Å². The fourth-order valence-electron chi connectivity index (χ4n) is 4.03. The van der Waals surface area contributed by atoms with Gasteiger partial charge in [0.25, 0.3) is 11.6 Å². The Hall–Kier alpha value is -3.82. The third-order valence-corrected chi connectivity index (χ3v) is 5.84. The van der Waals surface area contributed by atoms with Crippen LogP contribution in [-0.2, 0) is 11.3 Å². The van der Waals surface area contributed by atoms with Crippen molar-refractivity contribution in [3.63, 3.8) is 0 Å². The molecule has 2 amide bonds. The van der Waals surface area contributed by atoms with E-state index in [1.54, 1.807) is 18.2 Å². The number of nitrogens with one attached hydrogen (secondary N) is 2. The summed E-state index contributed by atoms with van der Waals surface area (Å²) in [5.41, 5.74) is 6.75. The van der Waals surface area contributed by atoms with Crippen molar-refractivity contribution in [3.8, 4) is 11.5 Å². The third kappa shape index (κ3) is 4.74. The molecular weight excluding hydrogens is 416 g/mol. The molecule has 32 heavy (non-hydrogen) atoms. The Labute approximate surface area is 184 Å². The summed E-state index contributed by atoms with van der Waals surface area (Å²) >= 11 is 0. The quantitative estimate of drug-likeness (QED) is 0.443. The highest BCUT2D eigenvalue weighted by Gasteiger charge is 2.26. The molecule has 0 atom stereocenters.